The molecule has 0 aromatic carbocycles. The molecule has 1 aliphatic heterocycles. The number of aliphatic hydroxyl groups excluding tert-OH is 1. The van der Waals surface area contributed by atoms with Gasteiger partial charge in [-0.1, -0.05) is 6.92 Å². The molecule has 1 N–H and O–H groups in total. The van der Waals surface area contributed by atoms with Crippen molar-refractivity contribution < 1.29 is 14.6 Å². The lowest BCUT2D eigenvalue weighted by Crippen LogP contribution is -2.44. The lowest BCUT2D eigenvalue weighted by atomic mass is 9.88. The first kappa shape index (κ1) is 13.5. The van der Waals surface area contributed by atoms with Gasteiger partial charge in [0.15, 0.2) is 0 Å². The van der Waals surface area contributed by atoms with Crippen LogP contribution in [0.25, 0.3) is 0 Å². The van der Waals surface area contributed by atoms with Crippen molar-refractivity contribution in [3.05, 3.63) is 0 Å². The highest BCUT2D eigenvalue weighted by molar-refractivity contribution is 5.80. The van der Waals surface area contributed by atoms with E-state index in [-0.39, 0.29) is 42.6 Å². The quantitative estimate of drug-likeness (QED) is 0.781. The molecule has 4 nitrogen and oxygen atoms in total. The average molecular weight is 229 g/mol. The Hall–Kier alpha value is -0.610. The molecule has 0 saturated carbocycles. The Labute approximate surface area is 97.6 Å². The molecular weight excluding hydrogens is 206 g/mol. The van der Waals surface area contributed by atoms with E-state index in [0.717, 1.165) is 0 Å². The first-order chi connectivity index (χ1) is 7.40. The Morgan fingerprint density at radius 1 is 1.38 bits per heavy atom. The maximum Gasteiger partial charge on any atom is 0.228 e. The smallest absolute Gasteiger partial charge is 0.228 e. The third kappa shape index (κ3) is 2.38. The summed E-state index contributed by atoms with van der Waals surface area (Å²) < 4.78 is 5.66. The largest absolute Gasteiger partial charge is 0.394 e. The van der Waals surface area contributed by atoms with Crippen LogP contribution in [0.15, 0.2) is 0 Å². The van der Waals surface area contributed by atoms with Crippen molar-refractivity contribution in [2.45, 2.75) is 45.9 Å². The molecule has 4 heteroatoms. The number of hydrogen-bond acceptors (Lipinski definition) is 3. The van der Waals surface area contributed by atoms with Gasteiger partial charge < -0.3 is 14.7 Å². The Balaban J connectivity index is 2.73. The number of hydrogen-bond donors (Lipinski definition) is 1. The summed E-state index contributed by atoms with van der Waals surface area (Å²) >= 11 is 0. The van der Waals surface area contributed by atoms with Crippen molar-refractivity contribution in [1.29, 1.82) is 0 Å². The van der Waals surface area contributed by atoms with Gasteiger partial charge in [0.2, 0.25) is 5.91 Å². The summed E-state index contributed by atoms with van der Waals surface area (Å²) in [5, 5.41) is 9.06. The lowest BCUT2D eigenvalue weighted by molar-refractivity contribution is -0.139. The number of nitrogens with zero attached hydrogens (tertiary/aromatic N) is 1. The van der Waals surface area contributed by atoms with Crippen LogP contribution in [0, 0.1) is 11.8 Å². The van der Waals surface area contributed by atoms with Crippen LogP contribution < -0.4 is 0 Å². The van der Waals surface area contributed by atoms with Crippen molar-refractivity contribution in [2.75, 3.05) is 13.7 Å². The molecule has 0 radical (unpaired) electrons. The minimum Gasteiger partial charge on any atom is -0.394 e. The predicted octanol–water partition coefficient (Wildman–Crippen LogP) is 0.885. The van der Waals surface area contributed by atoms with E-state index >= 15 is 0 Å². The maximum atomic E-state index is 12.2. The molecule has 1 saturated heterocycles. The van der Waals surface area contributed by atoms with Gasteiger partial charge in [0.1, 0.15) is 0 Å². The molecule has 0 spiro atoms. The van der Waals surface area contributed by atoms with Gasteiger partial charge in [-0.15, -0.1) is 0 Å². The fraction of sp³-hybridized carbons (Fsp3) is 0.917. The zero-order valence-corrected chi connectivity index (χ0v) is 10.8. The predicted molar refractivity (Wildman–Crippen MR) is 62.0 cm³/mol. The number of aliphatic hydroxyl groups is 1. The highest BCUT2D eigenvalue weighted by atomic mass is 16.5. The molecule has 1 amide bonds. The summed E-state index contributed by atoms with van der Waals surface area (Å²) in [7, 11) is 1.74. The van der Waals surface area contributed by atoms with E-state index in [0.29, 0.717) is 0 Å². The summed E-state index contributed by atoms with van der Waals surface area (Å²) in [6.45, 7) is 7.83. The lowest BCUT2D eigenvalue weighted by Gasteiger charge is -2.28. The fourth-order valence-corrected chi connectivity index (χ4v) is 2.27. The van der Waals surface area contributed by atoms with E-state index in [9.17, 15) is 4.79 Å². The van der Waals surface area contributed by atoms with Gasteiger partial charge in [-0.2, -0.15) is 0 Å². The highest BCUT2D eigenvalue weighted by Crippen LogP contribution is 2.33. The third-order valence-corrected chi connectivity index (χ3v) is 3.80. The van der Waals surface area contributed by atoms with Crippen molar-refractivity contribution in [1.82, 2.24) is 4.90 Å². The molecule has 1 rings (SSSR count). The molecule has 1 fully saturated rings. The van der Waals surface area contributed by atoms with Crippen LogP contribution >= 0.6 is 0 Å². The van der Waals surface area contributed by atoms with Crippen LogP contribution in [-0.4, -0.2) is 47.8 Å². The number of carbonyl (C=O) groups is 1. The Kier molecular flexibility index (Phi) is 4.33. The normalized spacial score (nSPS) is 36.1. The van der Waals surface area contributed by atoms with E-state index in [1.165, 1.54) is 0 Å². The molecule has 0 aromatic heterocycles. The second-order valence-electron chi connectivity index (χ2n) is 4.91. The third-order valence-electron chi connectivity index (χ3n) is 3.80. The molecule has 0 aromatic rings. The molecule has 0 bridgehead atoms. The van der Waals surface area contributed by atoms with Crippen molar-refractivity contribution in [3.8, 4) is 0 Å². The minimum absolute atomic E-state index is 0.00582. The van der Waals surface area contributed by atoms with Crippen molar-refractivity contribution >= 4 is 5.91 Å². The van der Waals surface area contributed by atoms with E-state index in [1.807, 2.05) is 27.7 Å². The number of amides is 1. The zero-order chi connectivity index (χ0) is 12.5. The monoisotopic (exact) mass is 229 g/mol. The number of rotatable bonds is 3. The molecule has 5 unspecified atom stereocenters. The van der Waals surface area contributed by atoms with Gasteiger partial charge >= 0.3 is 0 Å². The van der Waals surface area contributed by atoms with Gasteiger partial charge in [-0.25, -0.2) is 0 Å². The molecule has 94 valence electrons. The number of ether oxygens (including phenoxy) is 1. The molecule has 1 heterocycles. The van der Waals surface area contributed by atoms with Crippen LogP contribution in [-0.2, 0) is 9.53 Å². The van der Waals surface area contributed by atoms with E-state index in [1.54, 1.807) is 11.9 Å². The van der Waals surface area contributed by atoms with Crippen LogP contribution in [0.3, 0.4) is 0 Å². The molecular formula is C12H23NO3. The Bertz CT molecular complexity index is 257. The maximum absolute atomic E-state index is 12.2. The Morgan fingerprint density at radius 2 is 1.94 bits per heavy atom. The number of carbonyl (C=O) groups excluding carboxylic acids is 1. The molecule has 5 atom stereocenters. The second kappa shape index (κ2) is 5.15. The van der Waals surface area contributed by atoms with Crippen LogP contribution in [0.1, 0.15) is 27.7 Å². The van der Waals surface area contributed by atoms with Crippen LogP contribution in [0.5, 0.6) is 0 Å². The summed E-state index contributed by atoms with van der Waals surface area (Å²) in [4.78, 5) is 13.9. The molecule has 1 aliphatic rings. The van der Waals surface area contributed by atoms with Gasteiger partial charge in [0.05, 0.1) is 30.8 Å². The summed E-state index contributed by atoms with van der Waals surface area (Å²) in [5.74, 6) is 0.218. The van der Waals surface area contributed by atoms with Crippen molar-refractivity contribution in [2.24, 2.45) is 11.8 Å². The SMILES string of the molecule is CC1OC(C)C(C(=O)N(C)C(C)CO)C1C. The summed E-state index contributed by atoms with van der Waals surface area (Å²) in [6.07, 6.45) is 0.0904. The van der Waals surface area contributed by atoms with Crippen LogP contribution in [0.2, 0.25) is 0 Å². The summed E-state index contributed by atoms with van der Waals surface area (Å²) in [6, 6.07) is -0.136. The van der Waals surface area contributed by atoms with Gasteiger partial charge in [-0.05, 0) is 26.7 Å². The van der Waals surface area contributed by atoms with Gasteiger partial charge in [0.25, 0.3) is 0 Å². The molecule has 16 heavy (non-hydrogen) atoms. The standard InChI is InChI=1S/C12H23NO3/c1-7(6-14)13(5)12(15)11-8(2)9(3)16-10(11)4/h7-11,14H,6H2,1-5H3. The van der Waals surface area contributed by atoms with E-state index < -0.39 is 0 Å². The highest BCUT2D eigenvalue weighted by Gasteiger charge is 2.43. The average Bonchev–Trinajstić information content (AvgIpc) is 2.50. The Morgan fingerprint density at radius 3 is 2.31 bits per heavy atom. The number of likely N-dealkylation sites (N-methyl/N-ethyl adjacent to an activating group) is 1. The van der Waals surface area contributed by atoms with Crippen LogP contribution in [0.4, 0.5) is 0 Å². The van der Waals surface area contributed by atoms with Gasteiger partial charge in [-0.3, -0.25) is 4.79 Å². The van der Waals surface area contributed by atoms with E-state index in [2.05, 4.69) is 0 Å². The first-order valence-electron chi connectivity index (χ1n) is 5.93. The van der Waals surface area contributed by atoms with E-state index in [4.69, 9.17) is 9.84 Å². The van der Waals surface area contributed by atoms with Crippen molar-refractivity contribution in [3.63, 3.8) is 0 Å². The fourth-order valence-electron chi connectivity index (χ4n) is 2.27. The summed E-state index contributed by atoms with van der Waals surface area (Å²) in [5.41, 5.74) is 0. The second-order valence-corrected chi connectivity index (χ2v) is 4.91. The first-order valence-corrected chi connectivity index (χ1v) is 5.93. The van der Waals surface area contributed by atoms with Gasteiger partial charge in [0, 0.05) is 7.05 Å². The minimum atomic E-state index is -0.136. The zero-order valence-electron chi connectivity index (χ0n) is 10.8. The molecule has 0 aliphatic carbocycles. The topological polar surface area (TPSA) is 49.8 Å².